The number of halogens is 6. The number of hydrogen-bond donors (Lipinski definition) is 2. The van der Waals surface area contributed by atoms with Gasteiger partial charge in [0.2, 0.25) is 5.91 Å². The van der Waals surface area contributed by atoms with Crippen LogP contribution in [0.5, 0.6) is 0 Å². The standard InChI is InChI=1S/C23H28F6N4O3/c24-22(25,26)16-3-1-2-14(10-16)11-30-20(23(27,28)29)15-4-7-32(8-5-15)21(35)33-9-6-18-17(12-33)31-19(34)13-36-18/h1-3,10,15,17-18,20,30H,4-9,11-13H2,(H,31,34)/t17-,18+,20?/m1/s1. The van der Waals surface area contributed by atoms with Gasteiger partial charge in [0.15, 0.2) is 0 Å². The van der Waals surface area contributed by atoms with E-state index in [4.69, 9.17) is 4.74 Å². The number of likely N-dealkylation sites (tertiary alicyclic amines) is 2. The lowest BCUT2D eigenvalue weighted by Gasteiger charge is -2.44. The molecule has 2 N–H and O–H groups in total. The first-order chi connectivity index (χ1) is 16.9. The lowest BCUT2D eigenvalue weighted by molar-refractivity contribution is -0.171. The second-order valence-corrected chi connectivity index (χ2v) is 9.46. The fourth-order valence-electron chi connectivity index (χ4n) is 5.13. The van der Waals surface area contributed by atoms with Gasteiger partial charge in [-0.2, -0.15) is 26.3 Å². The van der Waals surface area contributed by atoms with Crippen LogP contribution in [0.1, 0.15) is 30.4 Å². The van der Waals surface area contributed by atoms with Gasteiger partial charge in [0, 0.05) is 32.7 Å². The molecular formula is C23H28F6N4O3. The van der Waals surface area contributed by atoms with E-state index in [1.807, 2.05) is 0 Å². The molecule has 1 unspecified atom stereocenters. The van der Waals surface area contributed by atoms with Gasteiger partial charge in [0.1, 0.15) is 12.6 Å². The van der Waals surface area contributed by atoms with Crippen LogP contribution in [0.25, 0.3) is 0 Å². The van der Waals surface area contributed by atoms with Crippen LogP contribution in [-0.4, -0.2) is 78.9 Å². The maximum atomic E-state index is 13.8. The Morgan fingerprint density at radius 3 is 2.44 bits per heavy atom. The average Bonchev–Trinajstić information content (AvgIpc) is 2.82. The Balaban J connectivity index is 1.32. The predicted molar refractivity (Wildman–Crippen MR) is 116 cm³/mol. The minimum atomic E-state index is -4.60. The van der Waals surface area contributed by atoms with Crippen LogP contribution in [0.15, 0.2) is 24.3 Å². The third kappa shape index (κ3) is 6.23. The van der Waals surface area contributed by atoms with Crippen molar-refractivity contribution in [1.82, 2.24) is 20.4 Å². The molecular weight excluding hydrogens is 494 g/mol. The highest BCUT2D eigenvalue weighted by Gasteiger charge is 2.46. The summed E-state index contributed by atoms with van der Waals surface area (Å²) in [6.45, 7) is 0.601. The molecule has 0 radical (unpaired) electrons. The summed E-state index contributed by atoms with van der Waals surface area (Å²) in [5.74, 6) is -1.07. The zero-order chi connectivity index (χ0) is 26.1. The van der Waals surface area contributed by atoms with Crippen molar-refractivity contribution in [1.29, 1.82) is 0 Å². The molecule has 3 amide bonds. The van der Waals surface area contributed by atoms with Gasteiger partial charge in [-0.25, -0.2) is 4.79 Å². The second kappa shape index (κ2) is 10.4. The maximum absolute atomic E-state index is 13.8. The van der Waals surface area contributed by atoms with Crippen molar-refractivity contribution >= 4 is 11.9 Å². The molecule has 200 valence electrons. The molecule has 0 spiro atoms. The predicted octanol–water partition coefficient (Wildman–Crippen LogP) is 3.15. The molecule has 3 aliphatic rings. The molecule has 1 aromatic carbocycles. The van der Waals surface area contributed by atoms with Gasteiger partial charge in [0.05, 0.1) is 17.7 Å². The number of benzene rings is 1. The fraction of sp³-hybridized carbons (Fsp3) is 0.652. The van der Waals surface area contributed by atoms with Crippen LogP contribution >= 0.6 is 0 Å². The van der Waals surface area contributed by atoms with E-state index in [0.29, 0.717) is 13.0 Å². The van der Waals surface area contributed by atoms with Crippen molar-refractivity contribution < 1.29 is 40.7 Å². The van der Waals surface area contributed by atoms with E-state index in [0.717, 1.165) is 12.1 Å². The van der Waals surface area contributed by atoms with Crippen LogP contribution in [0.4, 0.5) is 31.1 Å². The first-order valence-corrected chi connectivity index (χ1v) is 11.8. The number of fused-ring (bicyclic) bond motifs is 1. The molecule has 13 heteroatoms. The smallest absolute Gasteiger partial charge is 0.366 e. The molecule has 3 atom stereocenters. The van der Waals surface area contributed by atoms with E-state index < -0.39 is 29.9 Å². The summed E-state index contributed by atoms with van der Waals surface area (Å²) in [6.07, 6.45) is -8.57. The number of carbonyl (C=O) groups excluding carboxylic acids is 2. The number of ether oxygens (including phenoxy) is 1. The van der Waals surface area contributed by atoms with Crippen molar-refractivity contribution in [3.8, 4) is 0 Å². The summed E-state index contributed by atoms with van der Waals surface area (Å²) in [4.78, 5) is 27.7. The maximum Gasteiger partial charge on any atom is 0.416 e. The SMILES string of the molecule is O=C1CO[C@H]2CCN(C(=O)N3CCC(C(NCc4cccc(C(F)(F)F)c4)C(F)(F)F)CC3)C[C@H]2N1. The number of urea groups is 1. The van der Waals surface area contributed by atoms with E-state index in [9.17, 15) is 35.9 Å². The van der Waals surface area contributed by atoms with Crippen LogP contribution in [-0.2, 0) is 22.3 Å². The first kappa shape index (κ1) is 26.5. The van der Waals surface area contributed by atoms with Crippen molar-refractivity contribution in [2.75, 3.05) is 32.8 Å². The van der Waals surface area contributed by atoms with Gasteiger partial charge in [0.25, 0.3) is 0 Å². The number of morpholine rings is 1. The van der Waals surface area contributed by atoms with E-state index >= 15 is 0 Å². The number of nitrogens with one attached hydrogen (secondary N) is 2. The highest BCUT2D eigenvalue weighted by Crippen LogP contribution is 2.33. The monoisotopic (exact) mass is 522 g/mol. The summed E-state index contributed by atoms with van der Waals surface area (Å²) in [6, 6.07) is 1.72. The molecule has 1 aromatic rings. The Hall–Kier alpha value is -2.54. The van der Waals surface area contributed by atoms with Crippen molar-refractivity contribution in [3.63, 3.8) is 0 Å². The van der Waals surface area contributed by atoms with E-state index in [1.165, 1.54) is 17.0 Å². The van der Waals surface area contributed by atoms with E-state index in [-0.39, 0.29) is 75.3 Å². The molecule has 4 rings (SSSR count). The lowest BCUT2D eigenvalue weighted by Crippen LogP contribution is -2.62. The largest absolute Gasteiger partial charge is 0.416 e. The summed E-state index contributed by atoms with van der Waals surface area (Å²) in [5.41, 5.74) is -0.811. The number of carbonyl (C=O) groups is 2. The van der Waals surface area contributed by atoms with Crippen LogP contribution in [0.3, 0.4) is 0 Å². The Kier molecular flexibility index (Phi) is 7.69. The number of amides is 3. The number of piperidine rings is 2. The van der Waals surface area contributed by atoms with Gasteiger partial charge < -0.3 is 25.2 Å². The molecule has 0 bridgehead atoms. The summed E-state index contributed by atoms with van der Waals surface area (Å²) < 4.78 is 85.8. The average molecular weight is 522 g/mol. The van der Waals surface area contributed by atoms with Crippen molar-refractivity contribution in [2.24, 2.45) is 5.92 Å². The highest BCUT2D eigenvalue weighted by molar-refractivity contribution is 5.79. The summed E-state index contributed by atoms with van der Waals surface area (Å²) >= 11 is 0. The third-order valence-electron chi connectivity index (χ3n) is 7.01. The molecule has 3 saturated heterocycles. The normalized spacial score (nSPS) is 24.8. The zero-order valence-corrected chi connectivity index (χ0v) is 19.4. The van der Waals surface area contributed by atoms with Gasteiger partial charge >= 0.3 is 18.4 Å². The van der Waals surface area contributed by atoms with E-state index in [1.54, 1.807) is 4.90 Å². The summed E-state index contributed by atoms with van der Waals surface area (Å²) in [7, 11) is 0. The van der Waals surface area contributed by atoms with Crippen molar-refractivity contribution in [2.45, 2.75) is 56.3 Å². The van der Waals surface area contributed by atoms with E-state index in [2.05, 4.69) is 10.6 Å². The molecule has 0 saturated carbocycles. The van der Waals surface area contributed by atoms with Gasteiger partial charge in [-0.1, -0.05) is 18.2 Å². The number of rotatable bonds is 4. The molecule has 36 heavy (non-hydrogen) atoms. The Morgan fingerprint density at radius 1 is 1.08 bits per heavy atom. The minimum absolute atomic E-state index is 0.00913. The molecule has 3 aliphatic heterocycles. The highest BCUT2D eigenvalue weighted by atomic mass is 19.4. The summed E-state index contributed by atoms with van der Waals surface area (Å²) in [5, 5.41) is 5.22. The van der Waals surface area contributed by atoms with Crippen molar-refractivity contribution in [3.05, 3.63) is 35.4 Å². The van der Waals surface area contributed by atoms with Crippen LogP contribution in [0, 0.1) is 5.92 Å². The van der Waals surface area contributed by atoms with Gasteiger partial charge in [-0.3, -0.25) is 4.79 Å². The van der Waals surface area contributed by atoms with Gasteiger partial charge in [-0.05, 0) is 36.8 Å². The molecule has 0 aliphatic carbocycles. The fourth-order valence-corrected chi connectivity index (χ4v) is 5.13. The molecule has 3 fully saturated rings. The topological polar surface area (TPSA) is 73.9 Å². The first-order valence-electron chi connectivity index (χ1n) is 11.8. The number of hydrogen-bond acceptors (Lipinski definition) is 4. The van der Waals surface area contributed by atoms with Gasteiger partial charge in [-0.15, -0.1) is 0 Å². The Morgan fingerprint density at radius 2 is 1.78 bits per heavy atom. The number of nitrogens with zero attached hydrogens (tertiary/aromatic N) is 2. The lowest BCUT2D eigenvalue weighted by atomic mass is 9.88. The Bertz CT molecular complexity index is 949. The molecule has 3 heterocycles. The Labute approximate surface area is 204 Å². The van der Waals surface area contributed by atoms with Crippen LogP contribution < -0.4 is 10.6 Å². The second-order valence-electron chi connectivity index (χ2n) is 9.46. The minimum Gasteiger partial charge on any atom is -0.366 e. The molecule has 7 nitrogen and oxygen atoms in total. The van der Waals surface area contributed by atoms with Crippen LogP contribution in [0.2, 0.25) is 0 Å². The number of alkyl halides is 6. The zero-order valence-electron chi connectivity index (χ0n) is 19.4. The molecule has 0 aromatic heterocycles. The quantitative estimate of drug-likeness (QED) is 0.597. The third-order valence-corrected chi connectivity index (χ3v) is 7.01.